The third-order valence-corrected chi connectivity index (χ3v) is 10.3. The van der Waals surface area contributed by atoms with E-state index in [1.165, 1.54) is 38.5 Å². The fraction of sp³-hybridized carbons (Fsp3) is 0.674. The van der Waals surface area contributed by atoms with Crippen molar-refractivity contribution in [3.05, 3.63) is 72.9 Å². The molecule has 0 aromatic rings. The Morgan fingerprint density at radius 2 is 1.07 bits per heavy atom. The third-order valence-electron chi connectivity index (χ3n) is 9.33. The summed E-state index contributed by atoms with van der Waals surface area (Å²) in [6.07, 6.45) is 45.6. The lowest BCUT2D eigenvalue weighted by atomic mass is 10.1. The normalized spacial score (nSPS) is 17.8. The first-order valence-corrected chi connectivity index (χ1v) is 23.6. The molecule has 0 bridgehead atoms. The Labute approximate surface area is 355 Å². The van der Waals surface area contributed by atoms with Crippen LogP contribution < -0.4 is 5.73 Å². The molecule has 1 aliphatic rings. The number of hydrogen-bond acceptors (Lipinski definition) is 10. The molecule has 13 heteroatoms. The van der Waals surface area contributed by atoms with Crippen molar-refractivity contribution in [3.8, 4) is 0 Å². The second kappa shape index (κ2) is 36.7. The van der Waals surface area contributed by atoms with Crippen molar-refractivity contribution in [2.45, 2.75) is 179 Å². The zero-order valence-corrected chi connectivity index (χ0v) is 36.9. The van der Waals surface area contributed by atoms with E-state index in [0.717, 1.165) is 70.6 Å². The van der Waals surface area contributed by atoms with Crippen LogP contribution in [0.15, 0.2) is 72.9 Å². The SMILES string of the molecule is CCCCC/C=C\C/C=C\C/C=C\CCCCCCC(=O)OC[C@H](COP(=O)(O)OC[C@H](N)C(=O)O)OC(=O)CCC/C=C\CC1OC1C/C=C\C/C=C\CCCCC. The summed E-state index contributed by atoms with van der Waals surface area (Å²) in [5.41, 5.74) is 5.33. The molecule has 1 aliphatic heterocycles. The number of phosphoric ester groups is 1. The molecule has 0 saturated carbocycles. The number of allylic oxidation sites excluding steroid dienone is 10. The third kappa shape index (κ3) is 34.3. The summed E-state index contributed by atoms with van der Waals surface area (Å²) in [5.74, 6) is -2.50. The number of ether oxygens (including phenoxy) is 3. The van der Waals surface area contributed by atoms with E-state index < -0.39 is 51.1 Å². The highest BCUT2D eigenvalue weighted by Gasteiger charge is 2.36. The molecule has 0 amide bonds. The highest BCUT2D eigenvalue weighted by atomic mass is 31.2. The van der Waals surface area contributed by atoms with E-state index in [-0.39, 0.29) is 31.7 Å². The van der Waals surface area contributed by atoms with E-state index in [1.807, 2.05) is 6.08 Å². The Bertz CT molecular complexity index is 1340. The van der Waals surface area contributed by atoms with E-state index in [9.17, 15) is 23.8 Å². The molecular weight excluding hydrogens is 773 g/mol. The molecule has 0 aliphatic carbocycles. The number of carboxylic acids is 1. The van der Waals surface area contributed by atoms with Gasteiger partial charge < -0.3 is 29.9 Å². The van der Waals surface area contributed by atoms with Crippen molar-refractivity contribution in [2.75, 3.05) is 19.8 Å². The molecule has 12 nitrogen and oxygen atoms in total. The van der Waals surface area contributed by atoms with Gasteiger partial charge in [-0.3, -0.25) is 23.4 Å². The van der Waals surface area contributed by atoms with Gasteiger partial charge in [-0.25, -0.2) is 4.57 Å². The van der Waals surface area contributed by atoms with Crippen LogP contribution >= 0.6 is 7.82 Å². The Balaban J connectivity index is 2.36. The Kier molecular flexibility index (Phi) is 33.5. The lowest BCUT2D eigenvalue weighted by Gasteiger charge is -2.20. The number of carbonyl (C=O) groups excluding carboxylic acids is 2. The number of epoxide rings is 1. The molecule has 4 N–H and O–H groups in total. The van der Waals surface area contributed by atoms with Crippen molar-refractivity contribution < 1.29 is 52.2 Å². The Morgan fingerprint density at radius 1 is 0.610 bits per heavy atom. The van der Waals surface area contributed by atoms with Crippen LogP contribution in [0.5, 0.6) is 0 Å². The van der Waals surface area contributed by atoms with Gasteiger partial charge in [-0.2, -0.15) is 0 Å². The van der Waals surface area contributed by atoms with Gasteiger partial charge in [-0.15, -0.1) is 0 Å². The summed E-state index contributed by atoms with van der Waals surface area (Å²) in [5, 5.41) is 8.90. The van der Waals surface area contributed by atoms with Crippen molar-refractivity contribution in [3.63, 3.8) is 0 Å². The number of hydrogen-bond donors (Lipinski definition) is 3. The molecule has 1 heterocycles. The Morgan fingerprint density at radius 3 is 1.64 bits per heavy atom. The summed E-state index contributed by atoms with van der Waals surface area (Å²) >= 11 is 0. The first kappa shape index (κ1) is 53.9. The van der Waals surface area contributed by atoms with Crippen LogP contribution in [0.4, 0.5) is 0 Å². The summed E-state index contributed by atoms with van der Waals surface area (Å²) in [4.78, 5) is 46.0. The highest BCUT2D eigenvalue weighted by Crippen LogP contribution is 2.43. The van der Waals surface area contributed by atoms with Crippen LogP contribution in [-0.2, 0) is 42.2 Å². The molecule has 3 unspecified atom stereocenters. The average Bonchev–Trinajstić information content (AvgIpc) is 3.97. The summed E-state index contributed by atoms with van der Waals surface area (Å²) < 4.78 is 38.4. The Hall–Kier alpha value is -3.12. The molecule has 0 spiro atoms. The average molecular weight is 850 g/mol. The number of rotatable bonds is 39. The van der Waals surface area contributed by atoms with Crippen LogP contribution in [0, 0.1) is 0 Å². The second-order valence-corrected chi connectivity index (χ2v) is 16.3. The molecule has 336 valence electrons. The minimum Gasteiger partial charge on any atom is -0.480 e. The van der Waals surface area contributed by atoms with Crippen molar-refractivity contribution >= 4 is 25.7 Å². The van der Waals surface area contributed by atoms with Gasteiger partial charge in [0, 0.05) is 12.8 Å². The molecule has 0 aromatic carbocycles. The van der Waals surface area contributed by atoms with Gasteiger partial charge in [0.05, 0.1) is 25.4 Å². The maximum atomic E-state index is 12.6. The molecule has 59 heavy (non-hydrogen) atoms. The molecule has 1 fully saturated rings. The van der Waals surface area contributed by atoms with E-state index in [1.54, 1.807) is 0 Å². The van der Waals surface area contributed by atoms with Crippen LogP contribution in [0.25, 0.3) is 0 Å². The standard InChI is InChI=1S/C46H76NO11P/c1-3-5-7-9-11-13-14-15-16-17-18-19-20-22-24-26-31-35-44(48)54-37-40(38-55-59(52,53)56-39-41(47)46(50)51)57-45(49)36-32-28-27-30-34-43-42(58-43)33-29-25-23-21-12-10-8-6-4-2/h11-13,15-16,18-19,21,25,27,29-30,40-43H,3-10,14,17,20,22-24,26,28,31-39,47H2,1-2H3,(H,50,51)(H,52,53)/b13-11-,16-15-,19-18-,21-12-,29-25-,30-27-/t40-,41+,42?,43?/m1/s1. The molecule has 1 saturated heterocycles. The van der Waals surface area contributed by atoms with E-state index in [2.05, 4.69) is 85.2 Å². The van der Waals surface area contributed by atoms with E-state index >= 15 is 0 Å². The quantitative estimate of drug-likeness (QED) is 0.0175. The number of phosphoric acid groups is 1. The number of carbonyl (C=O) groups is 3. The number of esters is 2. The first-order chi connectivity index (χ1) is 28.6. The molecule has 0 aromatic heterocycles. The van der Waals surface area contributed by atoms with Gasteiger partial charge in [0.15, 0.2) is 6.10 Å². The minimum atomic E-state index is -4.75. The predicted octanol–water partition coefficient (Wildman–Crippen LogP) is 10.7. The highest BCUT2D eigenvalue weighted by molar-refractivity contribution is 7.47. The molecule has 0 radical (unpaired) electrons. The van der Waals surface area contributed by atoms with Gasteiger partial charge in [0.25, 0.3) is 0 Å². The first-order valence-electron chi connectivity index (χ1n) is 22.1. The second-order valence-electron chi connectivity index (χ2n) is 14.9. The maximum Gasteiger partial charge on any atom is 0.472 e. The van der Waals surface area contributed by atoms with Crippen LogP contribution in [0.2, 0.25) is 0 Å². The van der Waals surface area contributed by atoms with Crippen LogP contribution in [-0.4, -0.2) is 72.1 Å². The van der Waals surface area contributed by atoms with E-state index in [4.69, 9.17) is 29.6 Å². The largest absolute Gasteiger partial charge is 0.480 e. The van der Waals surface area contributed by atoms with Crippen molar-refractivity contribution in [2.24, 2.45) is 5.73 Å². The van der Waals surface area contributed by atoms with Crippen LogP contribution in [0.1, 0.15) is 155 Å². The number of carboxylic acid groups (broad SMARTS) is 1. The topological polar surface area (TPSA) is 184 Å². The fourth-order valence-electron chi connectivity index (χ4n) is 5.69. The fourth-order valence-corrected chi connectivity index (χ4v) is 6.47. The number of aliphatic carboxylic acids is 1. The lowest BCUT2D eigenvalue weighted by Crippen LogP contribution is -2.34. The minimum absolute atomic E-state index is 0.0681. The molecular formula is C46H76NO11P. The summed E-state index contributed by atoms with van der Waals surface area (Å²) in [6.45, 7) is 2.64. The summed E-state index contributed by atoms with van der Waals surface area (Å²) in [7, 11) is -4.75. The number of nitrogens with two attached hydrogens (primary N) is 1. The van der Waals surface area contributed by atoms with Gasteiger partial charge in [-0.1, -0.05) is 125 Å². The predicted molar refractivity (Wildman–Crippen MR) is 235 cm³/mol. The van der Waals surface area contributed by atoms with Crippen molar-refractivity contribution in [1.29, 1.82) is 0 Å². The van der Waals surface area contributed by atoms with Crippen molar-refractivity contribution in [1.82, 2.24) is 0 Å². The zero-order chi connectivity index (χ0) is 43.2. The smallest absolute Gasteiger partial charge is 0.472 e. The maximum absolute atomic E-state index is 12.6. The van der Waals surface area contributed by atoms with Gasteiger partial charge in [0.2, 0.25) is 0 Å². The van der Waals surface area contributed by atoms with Gasteiger partial charge >= 0.3 is 25.7 Å². The van der Waals surface area contributed by atoms with Gasteiger partial charge in [-0.05, 0) is 89.9 Å². The molecule has 5 atom stereocenters. The zero-order valence-electron chi connectivity index (χ0n) is 36.0. The monoisotopic (exact) mass is 850 g/mol. The lowest BCUT2D eigenvalue weighted by molar-refractivity contribution is -0.161. The molecule has 1 rings (SSSR count). The van der Waals surface area contributed by atoms with E-state index in [0.29, 0.717) is 19.3 Å². The summed E-state index contributed by atoms with van der Waals surface area (Å²) in [6, 6.07) is -1.54. The number of unbranched alkanes of at least 4 members (excludes halogenated alkanes) is 11. The van der Waals surface area contributed by atoms with Crippen LogP contribution in [0.3, 0.4) is 0 Å². The van der Waals surface area contributed by atoms with Gasteiger partial charge in [0.1, 0.15) is 12.6 Å².